The normalized spacial score (nSPS) is 15.2. The molecule has 2 aromatic heterocycles. The lowest BCUT2D eigenvalue weighted by Crippen LogP contribution is -2.52. The number of hydrogen-bond acceptors (Lipinski definition) is 7. The molecule has 6 rings (SSSR count). The van der Waals surface area contributed by atoms with Crippen LogP contribution in [0.4, 0.5) is 11.4 Å². The maximum atomic E-state index is 14.3. The summed E-state index contributed by atoms with van der Waals surface area (Å²) < 4.78 is 1.61. The van der Waals surface area contributed by atoms with Crippen LogP contribution in [0, 0.1) is 5.92 Å². The standard InChI is InChI=1S/C34H35N7O2S/c1-39(2)27-19-17-26(18-20-27)35-34(43)33(25-13-7-4-8-14-25)40(21-31-36-29(23-44-31)24-11-5-3-6-12-24)32(42)22-41-30-16-10-9-15-28(30)37-38-41/h3-7,9-12,15-20,23,25,33H,8,13-14,21-22H2,1-2H3,(H,35,43)/t25-,33-/m1/s1. The zero-order chi connectivity index (χ0) is 30.5. The van der Waals surface area contributed by atoms with E-state index in [1.54, 1.807) is 9.58 Å². The molecule has 0 unspecified atom stereocenters. The average Bonchev–Trinajstić information content (AvgIpc) is 3.69. The summed E-state index contributed by atoms with van der Waals surface area (Å²) >= 11 is 1.49. The number of para-hydroxylation sites is 1. The lowest BCUT2D eigenvalue weighted by Gasteiger charge is -2.36. The molecule has 10 heteroatoms. The van der Waals surface area contributed by atoms with Crippen molar-refractivity contribution in [1.82, 2.24) is 24.9 Å². The number of amides is 2. The number of nitrogens with zero attached hydrogens (tertiary/aromatic N) is 6. The van der Waals surface area contributed by atoms with Gasteiger partial charge in [-0.3, -0.25) is 9.59 Å². The first-order chi connectivity index (χ1) is 21.5. The van der Waals surface area contributed by atoms with Gasteiger partial charge in [-0.15, -0.1) is 16.4 Å². The number of carbonyl (C=O) groups excluding carboxylic acids is 2. The lowest BCUT2D eigenvalue weighted by molar-refractivity contribution is -0.142. The summed E-state index contributed by atoms with van der Waals surface area (Å²) in [6, 6.07) is 24.5. The van der Waals surface area contributed by atoms with Crippen LogP contribution in [0.25, 0.3) is 22.3 Å². The number of aromatic nitrogens is 4. The van der Waals surface area contributed by atoms with Crippen LogP contribution in [0.5, 0.6) is 0 Å². The number of anilines is 2. The Balaban J connectivity index is 1.34. The van der Waals surface area contributed by atoms with Crippen LogP contribution in [0.2, 0.25) is 0 Å². The highest BCUT2D eigenvalue weighted by atomic mass is 32.1. The van der Waals surface area contributed by atoms with Crippen LogP contribution < -0.4 is 10.2 Å². The maximum Gasteiger partial charge on any atom is 0.247 e. The van der Waals surface area contributed by atoms with Gasteiger partial charge in [0.25, 0.3) is 0 Å². The summed E-state index contributed by atoms with van der Waals surface area (Å²) in [6.45, 7) is 0.169. The first-order valence-electron chi connectivity index (χ1n) is 14.8. The molecule has 9 nitrogen and oxygen atoms in total. The van der Waals surface area contributed by atoms with E-state index in [0.717, 1.165) is 40.3 Å². The number of carbonyl (C=O) groups is 2. The Morgan fingerprint density at radius 2 is 1.77 bits per heavy atom. The van der Waals surface area contributed by atoms with E-state index in [9.17, 15) is 9.59 Å². The zero-order valence-corrected chi connectivity index (χ0v) is 25.7. The number of benzene rings is 3. The third-order valence-corrected chi connectivity index (χ3v) is 8.80. The van der Waals surface area contributed by atoms with Gasteiger partial charge in [-0.2, -0.15) is 0 Å². The largest absolute Gasteiger partial charge is 0.378 e. The number of allylic oxidation sites excluding steroid dienone is 2. The van der Waals surface area contributed by atoms with Crippen molar-refractivity contribution in [2.75, 3.05) is 24.3 Å². The van der Waals surface area contributed by atoms with Crippen LogP contribution in [-0.2, 0) is 22.7 Å². The second-order valence-corrected chi connectivity index (χ2v) is 12.1. The Labute approximate surface area is 260 Å². The third kappa shape index (κ3) is 6.55. The number of hydrogen-bond donors (Lipinski definition) is 1. The van der Waals surface area contributed by atoms with E-state index < -0.39 is 6.04 Å². The average molecular weight is 606 g/mol. The molecule has 2 amide bonds. The Bertz CT molecular complexity index is 1760. The highest BCUT2D eigenvalue weighted by Gasteiger charge is 2.37. The van der Waals surface area contributed by atoms with E-state index in [1.807, 2.05) is 103 Å². The molecule has 0 fully saturated rings. The molecule has 0 aliphatic heterocycles. The van der Waals surface area contributed by atoms with Crippen LogP contribution in [-0.4, -0.2) is 56.8 Å². The van der Waals surface area contributed by atoms with Gasteiger partial charge >= 0.3 is 0 Å². The number of rotatable bonds is 10. The van der Waals surface area contributed by atoms with Gasteiger partial charge in [-0.25, -0.2) is 9.67 Å². The van der Waals surface area contributed by atoms with Gasteiger partial charge in [0.15, 0.2) is 0 Å². The summed E-state index contributed by atoms with van der Waals surface area (Å²) in [5.41, 5.74) is 5.06. The fraction of sp³-hybridized carbons (Fsp3) is 0.265. The molecule has 1 N–H and O–H groups in total. The van der Waals surface area contributed by atoms with Crippen molar-refractivity contribution in [3.8, 4) is 11.3 Å². The second-order valence-electron chi connectivity index (χ2n) is 11.2. The minimum absolute atomic E-state index is 0.0404. The topological polar surface area (TPSA) is 96.2 Å². The van der Waals surface area contributed by atoms with Crippen molar-refractivity contribution in [1.29, 1.82) is 0 Å². The summed E-state index contributed by atoms with van der Waals surface area (Å²) in [4.78, 5) is 37.1. The SMILES string of the molecule is CN(C)c1ccc(NC(=O)[C@@H]([C@@H]2CC=CCC2)N(Cc2nc(-c3ccccc3)cs2)C(=O)Cn2nnc3ccccc32)cc1. The van der Waals surface area contributed by atoms with Crippen LogP contribution in [0.1, 0.15) is 24.3 Å². The summed E-state index contributed by atoms with van der Waals surface area (Å²) in [5.74, 6) is -0.472. The molecule has 44 heavy (non-hydrogen) atoms. The third-order valence-electron chi connectivity index (χ3n) is 7.96. The van der Waals surface area contributed by atoms with Crippen LogP contribution in [0.15, 0.2) is 96.4 Å². The quantitative estimate of drug-likeness (QED) is 0.196. The minimum atomic E-state index is -0.708. The van der Waals surface area contributed by atoms with Crippen LogP contribution >= 0.6 is 11.3 Å². The summed E-state index contributed by atoms with van der Waals surface area (Å²) in [6.07, 6.45) is 6.63. The molecule has 0 saturated carbocycles. The summed E-state index contributed by atoms with van der Waals surface area (Å²) in [7, 11) is 3.95. The molecular weight excluding hydrogens is 570 g/mol. The Morgan fingerprint density at radius 1 is 1.00 bits per heavy atom. The van der Waals surface area contributed by atoms with Gasteiger partial charge < -0.3 is 15.1 Å². The van der Waals surface area contributed by atoms with Crippen molar-refractivity contribution < 1.29 is 9.59 Å². The Morgan fingerprint density at radius 3 is 2.52 bits per heavy atom. The van der Waals surface area contributed by atoms with E-state index >= 15 is 0 Å². The van der Waals surface area contributed by atoms with Crippen molar-refractivity contribution in [3.05, 3.63) is 101 Å². The molecule has 0 spiro atoms. The van der Waals surface area contributed by atoms with E-state index in [1.165, 1.54) is 11.3 Å². The van der Waals surface area contributed by atoms with Crippen molar-refractivity contribution in [2.45, 2.75) is 38.4 Å². The highest BCUT2D eigenvalue weighted by Crippen LogP contribution is 2.30. The fourth-order valence-corrected chi connectivity index (χ4v) is 6.44. The Hall–Kier alpha value is -4.83. The van der Waals surface area contributed by atoms with Gasteiger partial charge in [-0.1, -0.05) is 59.8 Å². The van der Waals surface area contributed by atoms with Gasteiger partial charge in [0.05, 0.1) is 17.8 Å². The summed E-state index contributed by atoms with van der Waals surface area (Å²) in [5, 5.41) is 14.4. The Kier molecular flexibility index (Phi) is 8.79. The van der Waals surface area contributed by atoms with Crippen molar-refractivity contribution >= 4 is 45.6 Å². The predicted molar refractivity (Wildman–Crippen MR) is 175 cm³/mol. The molecule has 2 heterocycles. The number of thiazole rings is 1. The monoisotopic (exact) mass is 605 g/mol. The molecule has 0 radical (unpaired) electrons. The molecule has 2 atom stereocenters. The minimum Gasteiger partial charge on any atom is -0.378 e. The molecule has 5 aromatic rings. The fourth-order valence-electron chi connectivity index (χ4n) is 5.64. The van der Waals surface area contributed by atoms with Gasteiger partial charge in [0.1, 0.15) is 23.1 Å². The number of nitrogens with one attached hydrogen (secondary N) is 1. The molecule has 0 bridgehead atoms. The highest BCUT2D eigenvalue weighted by molar-refractivity contribution is 7.09. The molecule has 224 valence electrons. The van der Waals surface area contributed by atoms with Crippen molar-refractivity contribution in [3.63, 3.8) is 0 Å². The van der Waals surface area contributed by atoms with Crippen LogP contribution in [0.3, 0.4) is 0 Å². The molecule has 1 aliphatic carbocycles. The first-order valence-corrected chi connectivity index (χ1v) is 15.6. The lowest BCUT2D eigenvalue weighted by atomic mass is 9.86. The maximum absolute atomic E-state index is 14.3. The first kappa shape index (κ1) is 29.3. The second kappa shape index (κ2) is 13.2. The number of fused-ring (bicyclic) bond motifs is 1. The van der Waals surface area contributed by atoms with E-state index in [-0.39, 0.29) is 30.8 Å². The van der Waals surface area contributed by atoms with E-state index in [4.69, 9.17) is 4.98 Å². The smallest absolute Gasteiger partial charge is 0.247 e. The van der Waals surface area contributed by atoms with Crippen molar-refractivity contribution in [2.24, 2.45) is 5.92 Å². The van der Waals surface area contributed by atoms with Gasteiger partial charge in [-0.05, 0) is 61.6 Å². The van der Waals surface area contributed by atoms with Gasteiger partial charge in [0.2, 0.25) is 11.8 Å². The van der Waals surface area contributed by atoms with E-state index in [2.05, 4.69) is 27.8 Å². The molecule has 3 aromatic carbocycles. The molecular formula is C34H35N7O2S. The molecule has 1 aliphatic rings. The van der Waals surface area contributed by atoms with E-state index in [0.29, 0.717) is 17.6 Å². The predicted octanol–water partition coefficient (Wildman–Crippen LogP) is 6.01. The molecule has 0 saturated heterocycles. The van der Waals surface area contributed by atoms with Gasteiger partial charge in [0, 0.05) is 36.4 Å². The zero-order valence-electron chi connectivity index (χ0n) is 24.8.